The van der Waals surface area contributed by atoms with Crippen LogP contribution >= 0.6 is 12.4 Å². The molecule has 0 saturated carbocycles. The standard InChI is InChI=1S/C17H33NO2.ClH/c1-20-17(19)14-9-7-5-3-2-4-6-8-12-16-13-10-11-15-18-16;/h16,18H,2-15H2,1H3;1H. The number of piperidine rings is 1. The molecule has 1 saturated heterocycles. The van der Waals surface area contributed by atoms with Crippen molar-refractivity contribution < 1.29 is 9.53 Å². The summed E-state index contributed by atoms with van der Waals surface area (Å²) in [7, 11) is 1.46. The number of hydrogen-bond donors (Lipinski definition) is 1. The van der Waals surface area contributed by atoms with E-state index in [1.54, 1.807) is 0 Å². The predicted octanol–water partition coefficient (Wildman–Crippen LogP) is 4.62. The maximum absolute atomic E-state index is 10.9. The molecule has 1 unspecified atom stereocenters. The normalized spacial score (nSPS) is 18.0. The van der Waals surface area contributed by atoms with Gasteiger partial charge in [0.25, 0.3) is 0 Å². The van der Waals surface area contributed by atoms with Crippen LogP contribution in [0.15, 0.2) is 0 Å². The molecule has 0 bridgehead atoms. The molecule has 0 aromatic rings. The number of nitrogens with one attached hydrogen (secondary N) is 1. The van der Waals surface area contributed by atoms with Crippen molar-refractivity contribution in [2.45, 2.75) is 89.5 Å². The van der Waals surface area contributed by atoms with E-state index in [0.717, 1.165) is 12.5 Å². The van der Waals surface area contributed by atoms with Gasteiger partial charge in [0.05, 0.1) is 7.11 Å². The van der Waals surface area contributed by atoms with Crippen LogP contribution in [0.4, 0.5) is 0 Å². The molecule has 1 atom stereocenters. The number of esters is 1. The Kier molecular flexibility index (Phi) is 14.5. The quantitative estimate of drug-likeness (QED) is 0.446. The van der Waals surface area contributed by atoms with Crippen molar-refractivity contribution in [1.82, 2.24) is 5.32 Å². The zero-order valence-electron chi connectivity index (χ0n) is 13.7. The molecule has 0 aromatic carbocycles. The fourth-order valence-corrected chi connectivity index (χ4v) is 2.99. The number of carbonyl (C=O) groups excluding carboxylic acids is 1. The molecule has 126 valence electrons. The van der Waals surface area contributed by atoms with Crippen molar-refractivity contribution in [1.29, 1.82) is 0 Å². The van der Waals surface area contributed by atoms with Gasteiger partial charge in [0.15, 0.2) is 0 Å². The molecule has 1 aliphatic rings. The summed E-state index contributed by atoms with van der Waals surface area (Å²) in [5.74, 6) is -0.0682. The molecule has 1 N–H and O–H groups in total. The largest absolute Gasteiger partial charge is 0.469 e. The van der Waals surface area contributed by atoms with Gasteiger partial charge in [-0.05, 0) is 32.2 Å². The lowest BCUT2D eigenvalue weighted by Crippen LogP contribution is -2.33. The Labute approximate surface area is 137 Å². The Balaban J connectivity index is 0.00000400. The number of unbranched alkanes of at least 4 members (excludes halogenated alkanes) is 7. The van der Waals surface area contributed by atoms with E-state index < -0.39 is 0 Å². The van der Waals surface area contributed by atoms with Crippen molar-refractivity contribution >= 4 is 18.4 Å². The second kappa shape index (κ2) is 14.6. The van der Waals surface area contributed by atoms with Gasteiger partial charge in [-0.15, -0.1) is 12.4 Å². The molecular weight excluding hydrogens is 286 g/mol. The van der Waals surface area contributed by atoms with E-state index in [-0.39, 0.29) is 18.4 Å². The number of rotatable bonds is 11. The van der Waals surface area contributed by atoms with E-state index in [0.29, 0.717) is 6.42 Å². The molecule has 0 amide bonds. The summed E-state index contributed by atoms with van der Waals surface area (Å²) in [6.07, 6.45) is 16.4. The van der Waals surface area contributed by atoms with Gasteiger partial charge in [-0.25, -0.2) is 0 Å². The van der Waals surface area contributed by atoms with Crippen LogP contribution in [0.5, 0.6) is 0 Å². The van der Waals surface area contributed by atoms with Gasteiger partial charge in [-0.1, -0.05) is 51.4 Å². The summed E-state index contributed by atoms with van der Waals surface area (Å²) in [4.78, 5) is 10.9. The first-order valence-corrected chi connectivity index (χ1v) is 8.63. The van der Waals surface area contributed by atoms with Crippen LogP contribution in [0.2, 0.25) is 0 Å². The molecule has 0 spiro atoms. The predicted molar refractivity (Wildman–Crippen MR) is 91.1 cm³/mol. The molecule has 0 aromatic heterocycles. The number of ether oxygens (including phenoxy) is 1. The highest BCUT2D eigenvalue weighted by Crippen LogP contribution is 2.15. The molecule has 1 fully saturated rings. The van der Waals surface area contributed by atoms with Gasteiger partial charge in [0, 0.05) is 12.5 Å². The monoisotopic (exact) mass is 319 g/mol. The van der Waals surface area contributed by atoms with Gasteiger partial charge in [-0.2, -0.15) is 0 Å². The topological polar surface area (TPSA) is 38.3 Å². The third kappa shape index (κ3) is 12.0. The Bertz CT molecular complexity index is 243. The van der Waals surface area contributed by atoms with Crippen LogP contribution in [0, 0.1) is 0 Å². The Morgan fingerprint density at radius 3 is 2.19 bits per heavy atom. The fourth-order valence-electron chi connectivity index (χ4n) is 2.99. The summed E-state index contributed by atoms with van der Waals surface area (Å²) >= 11 is 0. The minimum Gasteiger partial charge on any atom is -0.469 e. The number of hydrogen-bond acceptors (Lipinski definition) is 3. The highest BCUT2D eigenvalue weighted by molar-refractivity contribution is 5.85. The van der Waals surface area contributed by atoms with E-state index in [4.69, 9.17) is 0 Å². The minimum absolute atomic E-state index is 0. The third-order valence-electron chi connectivity index (χ3n) is 4.32. The van der Waals surface area contributed by atoms with Crippen LogP contribution in [-0.2, 0) is 9.53 Å². The number of halogens is 1. The van der Waals surface area contributed by atoms with Crippen molar-refractivity contribution in [3.63, 3.8) is 0 Å². The first kappa shape index (κ1) is 20.7. The maximum atomic E-state index is 10.9. The van der Waals surface area contributed by atoms with E-state index in [1.165, 1.54) is 84.3 Å². The summed E-state index contributed by atoms with van der Waals surface area (Å²) < 4.78 is 4.63. The van der Waals surface area contributed by atoms with Gasteiger partial charge >= 0.3 is 5.97 Å². The molecule has 3 nitrogen and oxygen atoms in total. The van der Waals surface area contributed by atoms with Crippen LogP contribution in [-0.4, -0.2) is 25.7 Å². The SMILES string of the molecule is COC(=O)CCCCCCCCCCC1CCCCN1.Cl. The molecular formula is C17H34ClNO2. The molecule has 1 rings (SSSR count). The summed E-state index contributed by atoms with van der Waals surface area (Å²) in [5.41, 5.74) is 0. The number of carbonyl (C=O) groups is 1. The van der Waals surface area contributed by atoms with E-state index >= 15 is 0 Å². The lowest BCUT2D eigenvalue weighted by molar-refractivity contribution is -0.140. The van der Waals surface area contributed by atoms with Crippen molar-refractivity contribution in [3.8, 4) is 0 Å². The smallest absolute Gasteiger partial charge is 0.305 e. The average Bonchev–Trinajstić information content (AvgIpc) is 2.50. The van der Waals surface area contributed by atoms with E-state index in [9.17, 15) is 4.79 Å². The second-order valence-corrected chi connectivity index (χ2v) is 6.09. The third-order valence-corrected chi connectivity index (χ3v) is 4.32. The van der Waals surface area contributed by atoms with Crippen LogP contribution in [0.25, 0.3) is 0 Å². The summed E-state index contributed by atoms with van der Waals surface area (Å²) in [6, 6.07) is 0.807. The second-order valence-electron chi connectivity index (χ2n) is 6.09. The molecule has 1 heterocycles. The first-order valence-electron chi connectivity index (χ1n) is 8.63. The molecule has 21 heavy (non-hydrogen) atoms. The number of methoxy groups -OCH3 is 1. The van der Waals surface area contributed by atoms with Crippen molar-refractivity contribution in [3.05, 3.63) is 0 Å². The summed E-state index contributed by atoms with van der Waals surface area (Å²) in [5, 5.41) is 3.62. The fraction of sp³-hybridized carbons (Fsp3) is 0.941. The van der Waals surface area contributed by atoms with Crippen LogP contribution in [0.1, 0.15) is 83.5 Å². The lowest BCUT2D eigenvalue weighted by atomic mass is 9.98. The van der Waals surface area contributed by atoms with Gasteiger partial charge in [0.2, 0.25) is 0 Å². The maximum Gasteiger partial charge on any atom is 0.305 e. The van der Waals surface area contributed by atoms with Crippen molar-refractivity contribution in [2.24, 2.45) is 0 Å². The molecule has 4 heteroatoms. The highest BCUT2D eigenvalue weighted by atomic mass is 35.5. The highest BCUT2D eigenvalue weighted by Gasteiger charge is 2.11. The first-order chi connectivity index (χ1) is 9.83. The summed E-state index contributed by atoms with van der Waals surface area (Å²) in [6.45, 7) is 1.23. The zero-order chi connectivity index (χ0) is 14.5. The zero-order valence-corrected chi connectivity index (χ0v) is 14.5. The Morgan fingerprint density at radius 1 is 1.00 bits per heavy atom. The van der Waals surface area contributed by atoms with E-state index in [2.05, 4.69) is 10.1 Å². The van der Waals surface area contributed by atoms with Gasteiger partial charge < -0.3 is 10.1 Å². The van der Waals surface area contributed by atoms with Crippen LogP contribution in [0.3, 0.4) is 0 Å². The molecule has 0 radical (unpaired) electrons. The van der Waals surface area contributed by atoms with Crippen molar-refractivity contribution in [2.75, 3.05) is 13.7 Å². The van der Waals surface area contributed by atoms with Crippen LogP contribution < -0.4 is 5.32 Å². The van der Waals surface area contributed by atoms with Gasteiger partial charge in [0.1, 0.15) is 0 Å². The van der Waals surface area contributed by atoms with Gasteiger partial charge in [-0.3, -0.25) is 4.79 Å². The lowest BCUT2D eigenvalue weighted by Gasteiger charge is -2.23. The van der Waals surface area contributed by atoms with E-state index in [1.807, 2.05) is 0 Å². The Morgan fingerprint density at radius 2 is 1.62 bits per heavy atom. The molecule has 1 aliphatic heterocycles. The average molecular weight is 320 g/mol. The molecule has 0 aliphatic carbocycles. The Hall–Kier alpha value is -0.280. The minimum atomic E-state index is -0.0682.